The fourth-order valence-corrected chi connectivity index (χ4v) is 8.48. The molecule has 2 aliphatic heterocycles. The second-order valence-electron chi connectivity index (χ2n) is 10.9. The number of hydrogen-bond donors (Lipinski definition) is 10. The van der Waals surface area contributed by atoms with Gasteiger partial charge in [-0.1, -0.05) is 12.1 Å². The largest absolute Gasteiger partial charge is 0.508 e. The van der Waals surface area contributed by atoms with E-state index in [-0.39, 0.29) is 57.1 Å². The van der Waals surface area contributed by atoms with Crippen molar-refractivity contribution < 1.29 is 60.5 Å². The minimum Gasteiger partial charge on any atom is -0.508 e. The van der Waals surface area contributed by atoms with E-state index in [0.717, 1.165) is 12.1 Å². The number of phenols is 8. The van der Waals surface area contributed by atoms with E-state index < -0.39 is 46.4 Å². The molecule has 0 amide bonds. The molecule has 4 aromatic rings. The van der Waals surface area contributed by atoms with Crippen molar-refractivity contribution in [2.24, 2.45) is 0 Å². The van der Waals surface area contributed by atoms with Crippen LogP contribution in [0.5, 0.6) is 57.5 Å². The van der Waals surface area contributed by atoms with Crippen LogP contribution >= 0.6 is 23.5 Å². The van der Waals surface area contributed by atoms with E-state index in [1.54, 1.807) is 0 Å². The summed E-state index contributed by atoms with van der Waals surface area (Å²) in [7, 11) is 0. The van der Waals surface area contributed by atoms with Crippen molar-refractivity contribution in [3.8, 4) is 57.5 Å². The molecule has 10 N–H and O–H groups in total. The van der Waals surface area contributed by atoms with E-state index in [1.165, 1.54) is 72.1 Å². The number of thioether (sulfide) groups is 2. The van der Waals surface area contributed by atoms with Crippen molar-refractivity contribution in [3.05, 3.63) is 82.9 Å². The highest BCUT2D eigenvalue weighted by atomic mass is 32.2. The number of fused-ring (bicyclic) bond motifs is 2. The molecule has 0 radical (unpaired) electrons. The molecule has 12 nitrogen and oxygen atoms in total. The van der Waals surface area contributed by atoms with Gasteiger partial charge in [0.1, 0.15) is 46.7 Å². The zero-order valence-electron chi connectivity index (χ0n) is 23.8. The molecule has 0 aliphatic carbocycles. The van der Waals surface area contributed by atoms with E-state index in [4.69, 9.17) is 9.47 Å². The van der Waals surface area contributed by atoms with Crippen LogP contribution in [0.25, 0.3) is 0 Å². The molecule has 6 rings (SSSR count). The maximum Gasteiger partial charge on any atom is 0.157 e. The van der Waals surface area contributed by atoms with Gasteiger partial charge in [-0.2, -0.15) is 0 Å². The zero-order chi connectivity index (χ0) is 32.9. The fourth-order valence-electron chi connectivity index (χ4n) is 5.71. The quantitative estimate of drug-likeness (QED) is 0.0962. The molecule has 6 atom stereocenters. The lowest BCUT2D eigenvalue weighted by Gasteiger charge is -2.38. The first-order valence-corrected chi connectivity index (χ1v) is 16.1. The predicted molar refractivity (Wildman–Crippen MR) is 168 cm³/mol. The Balaban J connectivity index is 1.25. The van der Waals surface area contributed by atoms with Gasteiger partial charge in [0.25, 0.3) is 0 Å². The van der Waals surface area contributed by atoms with Crippen molar-refractivity contribution in [3.63, 3.8) is 0 Å². The Kier molecular flexibility index (Phi) is 8.46. The third kappa shape index (κ3) is 5.80. The highest BCUT2D eigenvalue weighted by Crippen LogP contribution is 2.55. The van der Waals surface area contributed by atoms with Gasteiger partial charge in [0.15, 0.2) is 35.2 Å². The molecular weight excluding hydrogens is 640 g/mol. The summed E-state index contributed by atoms with van der Waals surface area (Å²) in [4.78, 5) is 0. The third-order valence-electron chi connectivity index (χ3n) is 7.86. The standard InChI is InChI=1S/C32H30O12S2/c33-15-9-21(39)25-23(11-15)43-29(13-1-3-17(35)19(37)7-13)27(41)31(25)45-5-6-46-32-26-22(40)10-16(34)12-24(26)44-30(28(32)42)14-2-4-18(36)20(38)8-14/h1-4,7-12,27-42H,5-6H2/t27-,28-,29+,30+,31-,32-/m0/s1. The molecule has 0 spiro atoms. The molecule has 46 heavy (non-hydrogen) atoms. The summed E-state index contributed by atoms with van der Waals surface area (Å²) in [5, 5.41) is 103. The molecular formula is C32H30O12S2. The van der Waals surface area contributed by atoms with Crippen LogP contribution in [0, 0.1) is 0 Å². The molecule has 0 bridgehead atoms. The summed E-state index contributed by atoms with van der Waals surface area (Å²) in [5.41, 5.74) is 1.22. The number of aliphatic hydroxyl groups is 2. The van der Waals surface area contributed by atoms with Crippen LogP contribution in [0.1, 0.15) is 45.0 Å². The van der Waals surface area contributed by atoms with Crippen molar-refractivity contribution in [1.29, 1.82) is 0 Å². The van der Waals surface area contributed by atoms with Crippen molar-refractivity contribution in [1.82, 2.24) is 0 Å². The smallest absolute Gasteiger partial charge is 0.157 e. The highest BCUT2D eigenvalue weighted by Gasteiger charge is 2.43. The molecule has 2 heterocycles. The summed E-state index contributed by atoms with van der Waals surface area (Å²) in [6.07, 6.45) is -4.53. The maximum atomic E-state index is 11.4. The molecule has 2 aliphatic rings. The van der Waals surface area contributed by atoms with E-state index in [1.807, 2.05) is 0 Å². The number of phenolic OH excluding ortho intramolecular Hbond substituents is 8. The first-order chi connectivity index (χ1) is 21.9. The monoisotopic (exact) mass is 670 g/mol. The van der Waals surface area contributed by atoms with Gasteiger partial charge >= 0.3 is 0 Å². The predicted octanol–water partition coefficient (Wildman–Crippen LogP) is 4.57. The van der Waals surface area contributed by atoms with Gasteiger partial charge in [-0.3, -0.25) is 0 Å². The lowest BCUT2D eigenvalue weighted by Crippen LogP contribution is -2.34. The topological polar surface area (TPSA) is 221 Å². The van der Waals surface area contributed by atoms with Crippen molar-refractivity contribution in [2.45, 2.75) is 34.9 Å². The molecule has 14 heteroatoms. The molecule has 0 fully saturated rings. The summed E-state index contributed by atoms with van der Waals surface area (Å²) in [6.45, 7) is 0. The Morgan fingerprint density at radius 2 is 0.870 bits per heavy atom. The van der Waals surface area contributed by atoms with Gasteiger partial charge < -0.3 is 60.5 Å². The van der Waals surface area contributed by atoms with Crippen molar-refractivity contribution >= 4 is 23.5 Å². The Morgan fingerprint density at radius 3 is 1.24 bits per heavy atom. The Bertz CT molecular complexity index is 1650. The number of ether oxygens (including phenoxy) is 2. The van der Waals surface area contributed by atoms with Crippen LogP contribution in [0.15, 0.2) is 60.7 Å². The first-order valence-electron chi connectivity index (χ1n) is 14.0. The normalized spacial score (nSPS) is 23.5. The van der Waals surface area contributed by atoms with Gasteiger partial charge in [0.2, 0.25) is 0 Å². The molecule has 242 valence electrons. The van der Waals surface area contributed by atoms with Crippen LogP contribution in [0.3, 0.4) is 0 Å². The number of rotatable bonds is 7. The fraction of sp³-hybridized carbons (Fsp3) is 0.250. The number of aromatic hydroxyl groups is 8. The number of benzene rings is 4. The van der Waals surface area contributed by atoms with Gasteiger partial charge in [-0.15, -0.1) is 23.5 Å². The summed E-state index contributed by atoms with van der Waals surface area (Å²) in [6, 6.07) is 12.9. The van der Waals surface area contributed by atoms with Gasteiger partial charge in [0.05, 0.1) is 21.6 Å². The Hall–Kier alpha value is -4.50. The lowest BCUT2D eigenvalue weighted by molar-refractivity contribution is 0.0173. The second kappa shape index (κ2) is 12.4. The van der Waals surface area contributed by atoms with Gasteiger partial charge in [-0.25, -0.2) is 0 Å². The van der Waals surface area contributed by atoms with Gasteiger partial charge in [-0.05, 0) is 35.4 Å². The Labute approximate surface area is 270 Å². The van der Waals surface area contributed by atoms with Crippen LogP contribution < -0.4 is 9.47 Å². The first kappa shape index (κ1) is 31.5. The molecule has 0 unspecified atom stereocenters. The molecule has 0 aromatic heterocycles. The lowest BCUT2D eigenvalue weighted by atomic mass is 9.93. The molecule has 0 saturated heterocycles. The van der Waals surface area contributed by atoms with Crippen LogP contribution in [-0.2, 0) is 0 Å². The minimum atomic E-state index is -1.24. The van der Waals surface area contributed by atoms with Crippen LogP contribution in [0.4, 0.5) is 0 Å². The highest BCUT2D eigenvalue weighted by molar-refractivity contribution is 8.03. The van der Waals surface area contributed by atoms with E-state index >= 15 is 0 Å². The minimum absolute atomic E-state index is 0.129. The maximum absolute atomic E-state index is 11.4. The molecule has 4 aromatic carbocycles. The van der Waals surface area contributed by atoms with E-state index in [2.05, 4.69) is 0 Å². The summed E-state index contributed by atoms with van der Waals surface area (Å²) >= 11 is 2.54. The Morgan fingerprint density at radius 1 is 0.478 bits per heavy atom. The number of aliphatic hydroxyl groups excluding tert-OH is 2. The van der Waals surface area contributed by atoms with E-state index in [9.17, 15) is 51.1 Å². The average molecular weight is 671 g/mol. The second-order valence-corrected chi connectivity index (χ2v) is 13.4. The number of hydrogen-bond acceptors (Lipinski definition) is 14. The van der Waals surface area contributed by atoms with E-state index in [0.29, 0.717) is 22.6 Å². The average Bonchev–Trinajstić information content (AvgIpc) is 2.99. The SMILES string of the molecule is Oc1cc(O)c2c(c1)O[C@H](c1ccc(O)c(O)c1)[C@H](O)[C@H]2SCCS[C@H]1c2c(O)cc(O)cc2O[C@H](c2ccc(O)c(O)c2)[C@@H]1O. The summed E-state index contributed by atoms with van der Waals surface area (Å²) in [5.74, 6) is -1.65. The van der Waals surface area contributed by atoms with Crippen LogP contribution in [-0.4, -0.2) is 74.8 Å². The zero-order valence-corrected chi connectivity index (χ0v) is 25.4. The van der Waals surface area contributed by atoms with Crippen molar-refractivity contribution in [2.75, 3.05) is 11.5 Å². The molecule has 0 saturated carbocycles. The van der Waals surface area contributed by atoms with Crippen LogP contribution in [0.2, 0.25) is 0 Å². The summed E-state index contributed by atoms with van der Waals surface area (Å²) < 4.78 is 11.9. The third-order valence-corrected chi connectivity index (χ3v) is 10.7. The van der Waals surface area contributed by atoms with Gasteiger partial charge in [0, 0.05) is 35.8 Å².